The summed E-state index contributed by atoms with van der Waals surface area (Å²) in [5.41, 5.74) is -0.230. The van der Waals surface area contributed by atoms with Crippen molar-refractivity contribution in [3.8, 4) is 0 Å². The number of nitrogens with one attached hydrogen (secondary N) is 2. The molecule has 3 N–H and O–H groups in total. The summed E-state index contributed by atoms with van der Waals surface area (Å²) in [5.74, 6) is 2.26. The maximum atomic E-state index is 9.74. The predicted octanol–water partition coefficient (Wildman–Crippen LogP) is 2.26. The SMILES string of the molecule is CCNc1cncc(NC2(CO)CCC(C)CC2)n1. The standard InChI is InChI=1S/C14H24N4O/c1-3-16-12-8-15-9-13(17-12)18-14(10-19)6-4-11(2)5-7-14/h8-9,11,19H,3-7,10H2,1-2H3,(H2,16,17,18). The molecule has 0 radical (unpaired) electrons. The first-order valence-electron chi connectivity index (χ1n) is 7.12. The third-order valence-corrected chi connectivity index (χ3v) is 3.92. The Morgan fingerprint density at radius 2 is 2.00 bits per heavy atom. The predicted molar refractivity (Wildman–Crippen MR) is 77.3 cm³/mol. The first-order valence-corrected chi connectivity index (χ1v) is 7.12. The largest absolute Gasteiger partial charge is 0.394 e. The molecule has 19 heavy (non-hydrogen) atoms. The molecule has 5 nitrogen and oxygen atoms in total. The van der Waals surface area contributed by atoms with Crippen LogP contribution in [0.2, 0.25) is 0 Å². The minimum atomic E-state index is -0.230. The molecule has 5 heteroatoms. The second kappa shape index (κ2) is 6.19. The van der Waals surface area contributed by atoms with Crippen molar-refractivity contribution in [1.82, 2.24) is 9.97 Å². The molecule has 1 fully saturated rings. The van der Waals surface area contributed by atoms with Crippen molar-refractivity contribution >= 4 is 11.6 Å². The van der Waals surface area contributed by atoms with Crippen LogP contribution in [0.1, 0.15) is 39.5 Å². The van der Waals surface area contributed by atoms with Gasteiger partial charge in [0.2, 0.25) is 0 Å². The Kier molecular flexibility index (Phi) is 4.58. The van der Waals surface area contributed by atoms with Gasteiger partial charge in [0.1, 0.15) is 11.6 Å². The van der Waals surface area contributed by atoms with Gasteiger partial charge in [0.15, 0.2) is 0 Å². The summed E-state index contributed by atoms with van der Waals surface area (Å²) in [6.45, 7) is 5.26. The number of aromatic nitrogens is 2. The van der Waals surface area contributed by atoms with Crippen LogP contribution in [0.25, 0.3) is 0 Å². The molecule has 0 unspecified atom stereocenters. The quantitative estimate of drug-likeness (QED) is 0.761. The number of anilines is 2. The molecule has 1 aliphatic carbocycles. The molecule has 0 spiro atoms. The van der Waals surface area contributed by atoms with E-state index in [9.17, 15) is 5.11 Å². The lowest BCUT2D eigenvalue weighted by Crippen LogP contribution is -2.45. The van der Waals surface area contributed by atoms with E-state index >= 15 is 0 Å². The number of hydrogen-bond acceptors (Lipinski definition) is 5. The van der Waals surface area contributed by atoms with Crippen molar-refractivity contribution in [2.24, 2.45) is 5.92 Å². The second-order valence-corrected chi connectivity index (χ2v) is 5.57. The van der Waals surface area contributed by atoms with E-state index in [-0.39, 0.29) is 12.1 Å². The van der Waals surface area contributed by atoms with Crippen LogP contribution in [0.15, 0.2) is 12.4 Å². The average molecular weight is 264 g/mol. The number of rotatable bonds is 5. The molecule has 0 bridgehead atoms. The maximum absolute atomic E-state index is 9.74. The van der Waals surface area contributed by atoms with Crippen molar-refractivity contribution in [2.75, 3.05) is 23.8 Å². The van der Waals surface area contributed by atoms with Gasteiger partial charge in [-0.05, 0) is 38.5 Å². The smallest absolute Gasteiger partial charge is 0.147 e. The van der Waals surface area contributed by atoms with E-state index in [1.807, 2.05) is 6.92 Å². The molecular weight excluding hydrogens is 240 g/mol. The molecule has 0 aliphatic heterocycles. The highest BCUT2D eigenvalue weighted by Crippen LogP contribution is 2.33. The molecule has 1 aromatic heterocycles. The third kappa shape index (κ3) is 3.56. The molecule has 1 heterocycles. The fourth-order valence-electron chi connectivity index (χ4n) is 2.60. The summed E-state index contributed by atoms with van der Waals surface area (Å²) in [4.78, 5) is 8.65. The van der Waals surface area contributed by atoms with Crippen molar-refractivity contribution in [3.05, 3.63) is 12.4 Å². The summed E-state index contributed by atoms with van der Waals surface area (Å²) in [6, 6.07) is 0. The van der Waals surface area contributed by atoms with E-state index in [4.69, 9.17) is 0 Å². The van der Waals surface area contributed by atoms with E-state index in [0.717, 1.165) is 49.8 Å². The zero-order chi connectivity index (χ0) is 13.7. The van der Waals surface area contributed by atoms with Gasteiger partial charge in [-0.25, -0.2) is 4.98 Å². The Bertz CT molecular complexity index is 402. The highest BCUT2D eigenvalue weighted by atomic mass is 16.3. The highest BCUT2D eigenvalue weighted by Gasteiger charge is 2.33. The van der Waals surface area contributed by atoms with E-state index in [2.05, 4.69) is 27.5 Å². The molecule has 2 rings (SSSR count). The topological polar surface area (TPSA) is 70.1 Å². The Morgan fingerprint density at radius 1 is 1.32 bits per heavy atom. The lowest BCUT2D eigenvalue weighted by Gasteiger charge is -2.39. The van der Waals surface area contributed by atoms with Gasteiger partial charge in [-0.1, -0.05) is 6.92 Å². The van der Waals surface area contributed by atoms with Crippen LogP contribution in [0.3, 0.4) is 0 Å². The fraction of sp³-hybridized carbons (Fsp3) is 0.714. The number of nitrogens with zero attached hydrogens (tertiary/aromatic N) is 2. The fourth-order valence-corrected chi connectivity index (χ4v) is 2.60. The van der Waals surface area contributed by atoms with Gasteiger partial charge in [0.05, 0.1) is 24.5 Å². The van der Waals surface area contributed by atoms with Crippen LogP contribution in [0.5, 0.6) is 0 Å². The first-order chi connectivity index (χ1) is 9.17. The Labute approximate surface area is 114 Å². The van der Waals surface area contributed by atoms with Crippen LogP contribution in [-0.4, -0.2) is 33.8 Å². The third-order valence-electron chi connectivity index (χ3n) is 3.92. The van der Waals surface area contributed by atoms with Crippen molar-refractivity contribution in [2.45, 2.75) is 45.1 Å². The molecule has 0 atom stereocenters. The van der Waals surface area contributed by atoms with E-state index < -0.39 is 0 Å². The molecule has 1 aliphatic rings. The zero-order valence-electron chi connectivity index (χ0n) is 11.8. The highest BCUT2D eigenvalue weighted by molar-refractivity contribution is 5.43. The van der Waals surface area contributed by atoms with E-state index in [1.54, 1.807) is 12.4 Å². The number of hydrogen-bond donors (Lipinski definition) is 3. The van der Waals surface area contributed by atoms with Crippen molar-refractivity contribution in [3.63, 3.8) is 0 Å². The average Bonchev–Trinajstić information content (AvgIpc) is 2.43. The van der Waals surface area contributed by atoms with Crippen LogP contribution in [0.4, 0.5) is 11.6 Å². The Balaban J connectivity index is 2.07. The lowest BCUT2D eigenvalue weighted by molar-refractivity contribution is 0.155. The first kappa shape index (κ1) is 14.1. The van der Waals surface area contributed by atoms with Gasteiger partial charge in [0.25, 0.3) is 0 Å². The lowest BCUT2D eigenvalue weighted by atomic mass is 9.77. The Morgan fingerprint density at radius 3 is 2.63 bits per heavy atom. The van der Waals surface area contributed by atoms with Crippen LogP contribution in [-0.2, 0) is 0 Å². The monoisotopic (exact) mass is 264 g/mol. The van der Waals surface area contributed by atoms with Crippen molar-refractivity contribution < 1.29 is 5.11 Å². The van der Waals surface area contributed by atoms with Gasteiger partial charge in [0, 0.05) is 6.54 Å². The van der Waals surface area contributed by atoms with Gasteiger partial charge in [-0.2, -0.15) is 0 Å². The molecule has 0 aromatic carbocycles. The molecule has 0 saturated heterocycles. The van der Waals surface area contributed by atoms with Gasteiger partial charge >= 0.3 is 0 Å². The zero-order valence-corrected chi connectivity index (χ0v) is 11.8. The summed E-state index contributed by atoms with van der Waals surface area (Å²) in [7, 11) is 0. The van der Waals surface area contributed by atoms with Crippen LogP contribution < -0.4 is 10.6 Å². The van der Waals surface area contributed by atoms with Gasteiger partial charge in [-0.3, -0.25) is 4.98 Å². The minimum Gasteiger partial charge on any atom is -0.394 e. The van der Waals surface area contributed by atoms with E-state index in [0.29, 0.717) is 0 Å². The minimum absolute atomic E-state index is 0.146. The van der Waals surface area contributed by atoms with Gasteiger partial charge < -0.3 is 15.7 Å². The molecular formula is C14H24N4O. The summed E-state index contributed by atoms with van der Waals surface area (Å²) in [6.07, 6.45) is 7.69. The van der Waals surface area contributed by atoms with E-state index in [1.165, 1.54) is 0 Å². The normalized spacial score (nSPS) is 27.0. The van der Waals surface area contributed by atoms with Crippen LogP contribution >= 0.6 is 0 Å². The molecule has 0 amide bonds. The van der Waals surface area contributed by atoms with Crippen molar-refractivity contribution in [1.29, 1.82) is 0 Å². The molecule has 1 saturated carbocycles. The number of aliphatic hydroxyl groups is 1. The Hall–Kier alpha value is -1.36. The molecule has 106 valence electrons. The van der Waals surface area contributed by atoms with Gasteiger partial charge in [-0.15, -0.1) is 0 Å². The summed E-state index contributed by atoms with van der Waals surface area (Å²) < 4.78 is 0. The van der Waals surface area contributed by atoms with Crippen LogP contribution in [0, 0.1) is 5.92 Å². The number of aliphatic hydroxyl groups excluding tert-OH is 1. The second-order valence-electron chi connectivity index (χ2n) is 5.57. The summed E-state index contributed by atoms with van der Waals surface area (Å²) >= 11 is 0. The molecule has 1 aromatic rings. The maximum Gasteiger partial charge on any atom is 0.147 e. The summed E-state index contributed by atoms with van der Waals surface area (Å²) in [5, 5.41) is 16.3.